The van der Waals surface area contributed by atoms with Gasteiger partial charge in [-0.3, -0.25) is 9.78 Å². The molecule has 22 heavy (non-hydrogen) atoms. The van der Waals surface area contributed by atoms with Crippen LogP contribution in [0.5, 0.6) is 0 Å². The molecule has 0 radical (unpaired) electrons. The van der Waals surface area contributed by atoms with Gasteiger partial charge < -0.3 is 5.11 Å². The van der Waals surface area contributed by atoms with E-state index in [1.807, 2.05) is 0 Å². The predicted molar refractivity (Wildman–Crippen MR) is 76.0 cm³/mol. The van der Waals surface area contributed by atoms with E-state index in [9.17, 15) is 18.0 Å². The molecule has 0 amide bonds. The minimum Gasteiger partial charge on any atom is -0.481 e. The van der Waals surface area contributed by atoms with Crippen molar-refractivity contribution in [3.8, 4) is 11.3 Å². The summed E-state index contributed by atoms with van der Waals surface area (Å²) in [6.45, 7) is 0. The molecule has 0 bridgehead atoms. The molecule has 2 aromatic rings. The summed E-state index contributed by atoms with van der Waals surface area (Å²) >= 11 is 11.7. The molecule has 0 aliphatic carbocycles. The van der Waals surface area contributed by atoms with Crippen LogP contribution in [0.4, 0.5) is 13.2 Å². The van der Waals surface area contributed by atoms with Gasteiger partial charge in [0.1, 0.15) is 0 Å². The molecule has 0 aliphatic heterocycles. The maximum atomic E-state index is 13.4. The summed E-state index contributed by atoms with van der Waals surface area (Å²) in [6, 6.07) is 5.07. The number of aliphatic carboxylic acids is 1. The molecule has 1 aromatic heterocycles. The van der Waals surface area contributed by atoms with Crippen LogP contribution in [0.25, 0.3) is 11.3 Å². The topological polar surface area (TPSA) is 50.2 Å². The van der Waals surface area contributed by atoms with E-state index in [1.54, 1.807) is 0 Å². The van der Waals surface area contributed by atoms with Gasteiger partial charge in [0.2, 0.25) is 0 Å². The number of benzene rings is 1. The van der Waals surface area contributed by atoms with E-state index < -0.39 is 29.8 Å². The number of pyridine rings is 1. The standard InChI is InChI=1S/C14H8Cl2F3NO2/c15-8-1-2-10(16)9(6-8)13-12(14(17,18)19)7(3-4-20-13)5-11(21)22/h1-4,6H,5H2,(H,21,22). The van der Waals surface area contributed by atoms with Crippen molar-refractivity contribution in [3.05, 3.63) is 51.6 Å². The smallest absolute Gasteiger partial charge is 0.418 e. The lowest BCUT2D eigenvalue weighted by Gasteiger charge is -2.16. The predicted octanol–water partition coefficient (Wildman–Crippen LogP) is 4.70. The fraction of sp³-hybridized carbons (Fsp3) is 0.143. The molecule has 1 heterocycles. The summed E-state index contributed by atoms with van der Waals surface area (Å²) in [6.07, 6.45) is -4.44. The van der Waals surface area contributed by atoms with E-state index in [0.717, 1.165) is 12.3 Å². The first-order valence-electron chi connectivity index (χ1n) is 5.92. The number of alkyl halides is 3. The number of aromatic nitrogens is 1. The van der Waals surface area contributed by atoms with Crippen LogP contribution in [0.3, 0.4) is 0 Å². The van der Waals surface area contributed by atoms with Crippen molar-refractivity contribution in [2.45, 2.75) is 12.6 Å². The number of rotatable bonds is 3. The van der Waals surface area contributed by atoms with Gasteiger partial charge in [0.15, 0.2) is 0 Å². The fourth-order valence-corrected chi connectivity index (χ4v) is 2.39. The first-order chi connectivity index (χ1) is 10.2. The van der Waals surface area contributed by atoms with Crippen LogP contribution in [0.1, 0.15) is 11.1 Å². The highest BCUT2D eigenvalue weighted by molar-refractivity contribution is 6.35. The summed E-state index contributed by atoms with van der Waals surface area (Å²) in [5.41, 5.74) is -1.96. The van der Waals surface area contributed by atoms with Crippen LogP contribution in [0, 0.1) is 0 Å². The lowest BCUT2D eigenvalue weighted by Crippen LogP contribution is -2.15. The van der Waals surface area contributed by atoms with E-state index in [0.29, 0.717) is 0 Å². The first-order valence-corrected chi connectivity index (χ1v) is 6.68. The first kappa shape index (κ1) is 16.6. The normalized spacial score (nSPS) is 11.5. The second kappa shape index (κ2) is 6.14. The lowest BCUT2D eigenvalue weighted by molar-refractivity contribution is -0.139. The van der Waals surface area contributed by atoms with Gasteiger partial charge in [0, 0.05) is 16.8 Å². The molecule has 0 saturated carbocycles. The third-order valence-corrected chi connectivity index (χ3v) is 3.41. The Bertz CT molecular complexity index is 733. The maximum absolute atomic E-state index is 13.4. The van der Waals surface area contributed by atoms with Gasteiger partial charge in [-0.15, -0.1) is 0 Å². The number of hydrogen-bond donors (Lipinski definition) is 1. The minimum absolute atomic E-state index is 0.00581. The Labute approximate surface area is 133 Å². The van der Waals surface area contributed by atoms with Crippen LogP contribution in [-0.2, 0) is 17.4 Å². The molecule has 116 valence electrons. The van der Waals surface area contributed by atoms with Gasteiger partial charge in [0.25, 0.3) is 0 Å². The second-order valence-electron chi connectivity index (χ2n) is 4.39. The number of nitrogens with zero attached hydrogens (tertiary/aromatic N) is 1. The van der Waals surface area contributed by atoms with Crippen LogP contribution in [-0.4, -0.2) is 16.1 Å². The zero-order valence-corrected chi connectivity index (χ0v) is 12.3. The summed E-state index contributed by atoms with van der Waals surface area (Å²) < 4.78 is 40.1. The molecule has 0 atom stereocenters. The fourth-order valence-electron chi connectivity index (χ4n) is 2.01. The van der Waals surface area contributed by atoms with Gasteiger partial charge in [-0.1, -0.05) is 23.2 Å². The molecule has 3 nitrogen and oxygen atoms in total. The molecule has 8 heteroatoms. The average Bonchev–Trinajstić information content (AvgIpc) is 2.39. The average molecular weight is 350 g/mol. The Morgan fingerprint density at radius 1 is 1.23 bits per heavy atom. The van der Waals surface area contributed by atoms with Crippen LogP contribution < -0.4 is 0 Å². The van der Waals surface area contributed by atoms with E-state index >= 15 is 0 Å². The summed E-state index contributed by atoms with van der Waals surface area (Å²) in [5.74, 6) is -1.38. The van der Waals surface area contributed by atoms with Gasteiger partial charge in [-0.2, -0.15) is 13.2 Å². The SMILES string of the molecule is O=C(O)Cc1ccnc(-c2cc(Cl)ccc2Cl)c1C(F)(F)F. The van der Waals surface area contributed by atoms with Crippen molar-refractivity contribution in [2.75, 3.05) is 0 Å². The number of carboxylic acid groups (broad SMARTS) is 1. The molecule has 1 N–H and O–H groups in total. The Hall–Kier alpha value is -1.79. The molecular weight excluding hydrogens is 342 g/mol. The van der Waals surface area contributed by atoms with E-state index in [1.165, 1.54) is 18.2 Å². The Morgan fingerprint density at radius 3 is 2.50 bits per heavy atom. The Balaban J connectivity index is 2.75. The third-order valence-electron chi connectivity index (χ3n) is 2.85. The monoisotopic (exact) mass is 349 g/mol. The van der Waals surface area contributed by atoms with Gasteiger partial charge in [0.05, 0.1) is 22.7 Å². The molecule has 0 fully saturated rings. The zero-order chi connectivity index (χ0) is 16.5. The number of carboxylic acids is 1. The van der Waals surface area contributed by atoms with Crippen molar-refractivity contribution in [3.63, 3.8) is 0 Å². The quantitative estimate of drug-likeness (QED) is 0.873. The molecule has 0 aliphatic rings. The highest BCUT2D eigenvalue weighted by Gasteiger charge is 2.38. The van der Waals surface area contributed by atoms with Crippen molar-refractivity contribution in [2.24, 2.45) is 0 Å². The third kappa shape index (κ3) is 3.51. The number of halogens is 5. The van der Waals surface area contributed by atoms with Crippen LogP contribution in [0.2, 0.25) is 10.0 Å². The Kier molecular flexibility index (Phi) is 4.63. The van der Waals surface area contributed by atoms with Crippen LogP contribution >= 0.6 is 23.2 Å². The van der Waals surface area contributed by atoms with E-state index in [-0.39, 0.29) is 21.2 Å². The minimum atomic E-state index is -4.78. The van der Waals surface area contributed by atoms with Crippen LogP contribution in [0.15, 0.2) is 30.5 Å². The van der Waals surface area contributed by atoms with Gasteiger partial charge >= 0.3 is 12.1 Å². The van der Waals surface area contributed by atoms with Gasteiger partial charge in [-0.25, -0.2) is 0 Å². The molecule has 0 spiro atoms. The summed E-state index contributed by atoms with van der Waals surface area (Å²) in [7, 11) is 0. The zero-order valence-electron chi connectivity index (χ0n) is 10.8. The molecule has 0 saturated heterocycles. The highest BCUT2D eigenvalue weighted by atomic mass is 35.5. The highest BCUT2D eigenvalue weighted by Crippen LogP contribution is 2.41. The lowest BCUT2D eigenvalue weighted by atomic mass is 9.98. The molecule has 2 rings (SSSR count). The summed E-state index contributed by atoms with van der Waals surface area (Å²) in [4.78, 5) is 14.5. The van der Waals surface area contributed by atoms with E-state index in [2.05, 4.69) is 4.98 Å². The van der Waals surface area contributed by atoms with Crippen molar-refractivity contribution < 1.29 is 23.1 Å². The second-order valence-corrected chi connectivity index (χ2v) is 5.23. The summed E-state index contributed by atoms with van der Waals surface area (Å²) in [5, 5.41) is 9.01. The van der Waals surface area contributed by atoms with Crippen molar-refractivity contribution >= 4 is 29.2 Å². The number of carbonyl (C=O) groups is 1. The van der Waals surface area contributed by atoms with Crippen molar-refractivity contribution in [1.82, 2.24) is 4.98 Å². The Morgan fingerprint density at radius 2 is 1.91 bits per heavy atom. The molecule has 0 unspecified atom stereocenters. The molecule has 1 aromatic carbocycles. The van der Waals surface area contributed by atoms with Gasteiger partial charge in [-0.05, 0) is 29.8 Å². The molecular formula is C14H8Cl2F3NO2. The van der Waals surface area contributed by atoms with Crippen molar-refractivity contribution in [1.29, 1.82) is 0 Å². The maximum Gasteiger partial charge on any atom is 0.418 e. The largest absolute Gasteiger partial charge is 0.481 e. The van der Waals surface area contributed by atoms with E-state index in [4.69, 9.17) is 28.3 Å². The number of hydrogen-bond acceptors (Lipinski definition) is 2.